The smallest absolute Gasteiger partial charge is 0.243 e. The Morgan fingerprint density at radius 1 is 1.10 bits per heavy atom. The number of anilines is 2. The molecule has 0 aliphatic carbocycles. The molecule has 0 spiro atoms. The van der Waals surface area contributed by atoms with Gasteiger partial charge in [0.2, 0.25) is 15.9 Å². The van der Waals surface area contributed by atoms with E-state index in [-0.39, 0.29) is 23.7 Å². The Hall–Kier alpha value is -2.45. The summed E-state index contributed by atoms with van der Waals surface area (Å²) in [7, 11) is -3.49. The van der Waals surface area contributed by atoms with Crippen molar-refractivity contribution in [3.8, 4) is 0 Å². The molecule has 0 bridgehead atoms. The summed E-state index contributed by atoms with van der Waals surface area (Å²) in [6.45, 7) is 5.97. The van der Waals surface area contributed by atoms with Gasteiger partial charge in [-0.1, -0.05) is 13.8 Å². The fourth-order valence-electron chi connectivity index (χ4n) is 4.27. The molecule has 30 heavy (non-hydrogen) atoms. The quantitative estimate of drug-likeness (QED) is 0.788. The molecule has 2 aromatic carbocycles. The average molecular weight is 432 g/mol. The molecule has 1 N–H and O–H groups in total. The molecule has 1 saturated heterocycles. The van der Waals surface area contributed by atoms with E-state index in [1.54, 1.807) is 22.5 Å². The predicted octanol–water partition coefficient (Wildman–Crippen LogP) is 3.35. The highest BCUT2D eigenvalue weighted by Crippen LogP contribution is 2.41. The summed E-state index contributed by atoms with van der Waals surface area (Å²) >= 11 is 0. The van der Waals surface area contributed by atoms with E-state index in [4.69, 9.17) is 0 Å². The maximum Gasteiger partial charge on any atom is 0.243 e. The Labute approximate surface area is 176 Å². The van der Waals surface area contributed by atoms with Crippen LogP contribution in [-0.2, 0) is 20.2 Å². The Morgan fingerprint density at radius 3 is 2.43 bits per heavy atom. The van der Waals surface area contributed by atoms with E-state index in [9.17, 15) is 17.6 Å². The van der Waals surface area contributed by atoms with E-state index in [1.807, 2.05) is 4.90 Å². The highest BCUT2D eigenvalue weighted by Gasteiger charge is 2.37. The van der Waals surface area contributed by atoms with Gasteiger partial charge in [0.1, 0.15) is 5.82 Å². The van der Waals surface area contributed by atoms with Crippen molar-refractivity contribution in [2.45, 2.75) is 37.0 Å². The summed E-state index contributed by atoms with van der Waals surface area (Å²) < 4.78 is 40.5. The van der Waals surface area contributed by atoms with Crippen LogP contribution >= 0.6 is 0 Å². The van der Waals surface area contributed by atoms with Gasteiger partial charge in [0.25, 0.3) is 0 Å². The number of amides is 1. The monoisotopic (exact) mass is 431 g/mol. The number of carbonyl (C=O) groups excluding carboxylic acids is 1. The van der Waals surface area contributed by atoms with Gasteiger partial charge in [-0.05, 0) is 60.9 Å². The molecule has 0 saturated carbocycles. The van der Waals surface area contributed by atoms with Crippen molar-refractivity contribution in [3.05, 3.63) is 53.8 Å². The maximum absolute atomic E-state index is 13.1. The normalized spacial score (nSPS) is 18.4. The minimum atomic E-state index is -3.49. The number of hydrogen-bond acceptors (Lipinski definition) is 4. The van der Waals surface area contributed by atoms with Crippen molar-refractivity contribution in [1.82, 2.24) is 4.31 Å². The van der Waals surface area contributed by atoms with E-state index in [1.165, 1.54) is 24.3 Å². The molecule has 8 heteroatoms. The van der Waals surface area contributed by atoms with Crippen molar-refractivity contribution >= 4 is 27.3 Å². The molecular weight excluding hydrogens is 405 g/mol. The zero-order chi connectivity index (χ0) is 21.5. The lowest BCUT2D eigenvalue weighted by Crippen LogP contribution is -2.35. The lowest BCUT2D eigenvalue weighted by Gasteiger charge is -2.22. The van der Waals surface area contributed by atoms with Gasteiger partial charge in [0.05, 0.1) is 11.4 Å². The third-order valence-corrected chi connectivity index (χ3v) is 7.68. The van der Waals surface area contributed by atoms with Gasteiger partial charge in [0.15, 0.2) is 0 Å². The molecule has 2 heterocycles. The number of nitrogens with one attached hydrogen (secondary N) is 1. The fourth-order valence-corrected chi connectivity index (χ4v) is 5.81. The number of benzene rings is 2. The topological polar surface area (TPSA) is 69.7 Å². The Morgan fingerprint density at radius 2 is 1.77 bits per heavy atom. The molecular formula is C22H26FN3O3S. The largest absolute Gasteiger partial charge is 0.361 e. The zero-order valence-corrected chi connectivity index (χ0v) is 18.0. The van der Waals surface area contributed by atoms with Crippen molar-refractivity contribution in [2.75, 3.05) is 36.4 Å². The van der Waals surface area contributed by atoms with Gasteiger partial charge in [-0.15, -0.1) is 0 Å². The molecule has 1 amide bonds. The molecule has 0 radical (unpaired) electrons. The van der Waals surface area contributed by atoms with E-state index in [0.29, 0.717) is 30.2 Å². The molecule has 0 unspecified atom stereocenters. The third kappa shape index (κ3) is 3.94. The molecule has 1 fully saturated rings. The summed E-state index contributed by atoms with van der Waals surface area (Å²) in [5, 5.41) is 2.78. The van der Waals surface area contributed by atoms with Gasteiger partial charge in [0, 0.05) is 36.4 Å². The molecule has 2 aliphatic heterocycles. The first kappa shape index (κ1) is 20.8. The van der Waals surface area contributed by atoms with E-state index in [0.717, 1.165) is 24.1 Å². The first-order valence-corrected chi connectivity index (χ1v) is 11.6. The minimum absolute atomic E-state index is 0.131. The van der Waals surface area contributed by atoms with Crippen LogP contribution in [0.15, 0.2) is 47.4 Å². The van der Waals surface area contributed by atoms with Crippen molar-refractivity contribution in [3.63, 3.8) is 0 Å². The molecule has 4 rings (SSSR count). The van der Waals surface area contributed by atoms with Crippen molar-refractivity contribution in [1.29, 1.82) is 0 Å². The first-order valence-electron chi connectivity index (χ1n) is 10.1. The van der Waals surface area contributed by atoms with Crippen LogP contribution in [0.3, 0.4) is 0 Å². The molecule has 0 aromatic heterocycles. The summed E-state index contributed by atoms with van der Waals surface area (Å²) in [5.41, 5.74) is 2.04. The third-order valence-electron chi connectivity index (χ3n) is 5.79. The molecule has 0 atom stereocenters. The number of carbonyl (C=O) groups is 1. The lowest BCUT2D eigenvalue weighted by atomic mass is 9.87. The van der Waals surface area contributed by atoms with Crippen LogP contribution in [0.2, 0.25) is 0 Å². The fraction of sp³-hybridized carbons (Fsp3) is 0.409. The number of fused-ring (bicyclic) bond motifs is 1. The van der Waals surface area contributed by atoms with Gasteiger partial charge in [-0.3, -0.25) is 4.79 Å². The summed E-state index contributed by atoms with van der Waals surface area (Å²) in [6, 6.07) is 10.8. The summed E-state index contributed by atoms with van der Waals surface area (Å²) in [6.07, 6.45) is 1.79. The average Bonchev–Trinajstić information content (AvgIpc) is 3.31. The molecule has 2 aliphatic rings. The number of sulfonamides is 1. The van der Waals surface area contributed by atoms with E-state index in [2.05, 4.69) is 19.2 Å². The van der Waals surface area contributed by atoms with Crippen LogP contribution in [0.1, 0.15) is 32.3 Å². The first-order chi connectivity index (χ1) is 14.2. The van der Waals surface area contributed by atoms with Crippen LogP contribution in [0, 0.1) is 5.82 Å². The van der Waals surface area contributed by atoms with Gasteiger partial charge < -0.3 is 10.2 Å². The standard InChI is InChI=1S/C22H26FN3O3S/c1-22(2)15-25(14-21(27)24-17-7-5-16(23)6-8-17)20-10-9-18(13-19(20)22)30(28,29)26-11-3-4-12-26/h5-10,13H,3-4,11-12,14-15H2,1-2H3,(H,24,27). The Balaban J connectivity index is 1.55. The number of hydrogen-bond donors (Lipinski definition) is 1. The second kappa shape index (κ2) is 7.67. The minimum Gasteiger partial charge on any atom is -0.361 e. The van der Waals surface area contributed by atoms with Gasteiger partial charge >= 0.3 is 0 Å². The van der Waals surface area contributed by atoms with Crippen LogP contribution in [0.4, 0.5) is 15.8 Å². The van der Waals surface area contributed by atoms with Crippen LogP contribution in [-0.4, -0.2) is 44.8 Å². The SMILES string of the molecule is CC1(C)CN(CC(=O)Nc2ccc(F)cc2)c2ccc(S(=O)(=O)N3CCCC3)cc21. The second-order valence-corrected chi connectivity index (χ2v) is 10.5. The molecule has 160 valence electrons. The van der Waals surface area contributed by atoms with E-state index < -0.39 is 10.0 Å². The van der Waals surface area contributed by atoms with Crippen LogP contribution < -0.4 is 10.2 Å². The summed E-state index contributed by atoms with van der Waals surface area (Å²) in [4.78, 5) is 14.8. The highest BCUT2D eigenvalue weighted by atomic mass is 32.2. The second-order valence-electron chi connectivity index (χ2n) is 8.59. The Kier molecular flexibility index (Phi) is 5.32. The maximum atomic E-state index is 13.1. The number of halogens is 1. The zero-order valence-electron chi connectivity index (χ0n) is 17.2. The predicted molar refractivity (Wildman–Crippen MR) is 115 cm³/mol. The number of nitrogens with zero attached hydrogens (tertiary/aromatic N) is 2. The van der Waals surface area contributed by atoms with Crippen molar-refractivity contribution < 1.29 is 17.6 Å². The molecule has 2 aromatic rings. The summed E-state index contributed by atoms with van der Waals surface area (Å²) in [5.74, 6) is -0.568. The van der Waals surface area contributed by atoms with Crippen molar-refractivity contribution in [2.24, 2.45) is 0 Å². The van der Waals surface area contributed by atoms with E-state index >= 15 is 0 Å². The molecule has 6 nitrogen and oxygen atoms in total. The Bertz CT molecular complexity index is 1060. The van der Waals surface area contributed by atoms with Gasteiger partial charge in [-0.2, -0.15) is 4.31 Å². The highest BCUT2D eigenvalue weighted by molar-refractivity contribution is 7.89. The van der Waals surface area contributed by atoms with Crippen LogP contribution in [0.25, 0.3) is 0 Å². The van der Waals surface area contributed by atoms with Gasteiger partial charge in [-0.25, -0.2) is 12.8 Å². The number of rotatable bonds is 5. The van der Waals surface area contributed by atoms with Crippen LogP contribution in [0.5, 0.6) is 0 Å². The lowest BCUT2D eigenvalue weighted by molar-refractivity contribution is -0.115.